The number of rotatable bonds is 4. The molecule has 0 atom stereocenters. The van der Waals surface area contributed by atoms with Gasteiger partial charge in [0, 0.05) is 6.07 Å². The van der Waals surface area contributed by atoms with E-state index in [-0.39, 0.29) is 11.6 Å². The lowest BCUT2D eigenvalue weighted by Gasteiger charge is -2.00. The van der Waals surface area contributed by atoms with Crippen molar-refractivity contribution in [2.45, 2.75) is 6.92 Å². The summed E-state index contributed by atoms with van der Waals surface area (Å²) in [6.45, 7) is 1.25. The Labute approximate surface area is 75.6 Å². The van der Waals surface area contributed by atoms with Gasteiger partial charge in [-0.05, 0) is 6.92 Å². The molecular weight excluding hydrogens is 196 g/mol. The Morgan fingerprint density at radius 1 is 1.69 bits per heavy atom. The predicted molar refractivity (Wildman–Crippen MR) is 45.7 cm³/mol. The summed E-state index contributed by atoms with van der Waals surface area (Å²) in [5.41, 5.74) is 0.585. The second kappa shape index (κ2) is 3.75. The molecule has 0 spiro atoms. The van der Waals surface area contributed by atoms with Crippen molar-refractivity contribution in [3.63, 3.8) is 0 Å². The molecule has 0 unspecified atom stereocenters. The molecule has 1 aromatic rings. The van der Waals surface area contributed by atoms with E-state index in [1.165, 1.54) is 6.07 Å². The lowest BCUT2D eigenvalue weighted by molar-refractivity contribution is 0.319. The number of sulfonamides is 1. The quantitative estimate of drug-likeness (QED) is 0.706. The molecule has 0 amide bonds. The second-order valence-electron chi connectivity index (χ2n) is 2.48. The Morgan fingerprint density at radius 2 is 2.38 bits per heavy atom. The Bertz CT molecular complexity index is 370. The highest BCUT2D eigenvalue weighted by Crippen LogP contribution is 2.10. The molecule has 13 heavy (non-hydrogen) atoms. The number of nitrogens with one attached hydrogen (secondary N) is 1. The molecular formula is C6H10N2O4S. The van der Waals surface area contributed by atoms with Gasteiger partial charge in [0.05, 0.1) is 18.1 Å². The molecule has 1 heterocycles. The fraction of sp³-hybridized carbons (Fsp3) is 0.500. The standard InChI is InChI=1S/C6H10N2O4S/c1-5-4-6(12-7-5)8-13(10,11)3-2-9/h4,8-9H,2-3H2,1H3. The third-order valence-electron chi connectivity index (χ3n) is 1.24. The fourth-order valence-electron chi connectivity index (χ4n) is 0.736. The van der Waals surface area contributed by atoms with Gasteiger partial charge in [-0.25, -0.2) is 8.42 Å². The van der Waals surface area contributed by atoms with Gasteiger partial charge in [-0.1, -0.05) is 5.16 Å². The van der Waals surface area contributed by atoms with Crippen molar-refractivity contribution in [3.05, 3.63) is 11.8 Å². The minimum absolute atomic E-state index is 0.0611. The molecule has 0 saturated carbocycles. The first-order valence-electron chi connectivity index (χ1n) is 3.58. The zero-order valence-electron chi connectivity index (χ0n) is 7.02. The monoisotopic (exact) mass is 206 g/mol. The van der Waals surface area contributed by atoms with Crippen LogP contribution in [0, 0.1) is 6.92 Å². The Balaban J connectivity index is 2.69. The molecule has 0 aliphatic heterocycles. The van der Waals surface area contributed by atoms with Crippen LogP contribution in [0.15, 0.2) is 10.6 Å². The molecule has 6 nitrogen and oxygen atoms in total. The van der Waals surface area contributed by atoms with Crippen LogP contribution < -0.4 is 4.72 Å². The third kappa shape index (κ3) is 3.03. The van der Waals surface area contributed by atoms with E-state index in [9.17, 15) is 8.42 Å². The minimum Gasteiger partial charge on any atom is -0.395 e. The Hall–Kier alpha value is -1.08. The number of nitrogens with zero attached hydrogens (tertiary/aromatic N) is 1. The molecule has 0 radical (unpaired) electrons. The maximum absolute atomic E-state index is 11.1. The summed E-state index contributed by atoms with van der Waals surface area (Å²) in [5.74, 6) is -0.293. The van der Waals surface area contributed by atoms with Crippen molar-refractivity contribution in [2.24, 2.45) is 0 Å². The van der Waals surface area contributed by atoms with Gasteiger partial charge >= 0.3 is 0 Å². The number of aliphatic hydroxyl groups excluding tert-OH is 1. The topological polar surface area (TPSA) is 92.4 Å². The molecule has 2 N–H and O–H groups in total. The first-order chi connectivity index (χ1) is 6.03. The van der Waals surface area contributed by atoms with Gasteiger partial charge in [0.25, 0.3) is 0 Å². The first kappa shape index (κ1) is 10.0. The molecule has 7 heteroatoms. The minimum atomic E-state index is -3.51. The van der Waals surface area contributed by atoms with Crippen molar-refractivity contribution in [1.29, 1.82) is 0 Å². The van der Waals surface area contributed by atoms with E-state index in [1.54, 1.807) is 6.92 Å². The lowest BCUT2D eigenvalue weighted by atomic mass is 10.5. The van der Waals surface area contributed by atoms with Gasteiger partial charge in [-0.3, -0.25) is 4.72 Å². The summed E-state index contributed by atoms with van der Waals surface area (Å²) in [7, 11) is -3.51. The van der Waals surface area contributed by atoms with Gasteiger partial charge in [-0.15, -0.1) is 0 Å². The van der Waals surface area contributed by atoms with Crippen LogP contribution in [0.25, 0.3) is 0 Å². The van der Waals surface area contributed by atoms with E-state index in [0.29, 0.717) is 5.69 Å². The van der Waals surface area contributed by atoms with Gasteiger partial charge in [-0.2, -0.15) is 0 Å². The van der Waals surface area contributed by atoms with Crippen molar-refractivity contribution >= 4 is 15.9 Å². The first-order valence-corrected chi connectivity index (χ1v) is 5.23. The summed E-state index contributed by atoms with van der Waals surface area (Å²) < 4.78 is 28.8. The molecule has 0 aromatic carbocycles. The van der Waals surface area contributed by atoms with Gasteiger partial charge in [0.15, 0.2) is 0 Å². The van der Waals surface area contributed by atoms with Gasteiger partial charge < -0.3 is 9.63 Å². The normalized spacial score (nSPS) is 11.5. The molecule has 74 valence electrons. The molecule has 0 saturated heterocycles. The maximum atomic E-state index is 11.1. The van der Waals surface area contributed by atoms with Gasteiger partial charge in [0.2, 0.25) is 15.9 Å². The van der Waals surface area contributed by atoms with E-state index in [2.05, 4.69) is 14.4 Å². The summed E-state index contributed by atoms with van der Waals surface area (Å²) >= 11 is 0. The number of hydrogen-bond donors (Lipinski definition) is 2. The van der Waals surface area contributed by atoms with Crippen molar-refractivity contribution in [3.8, 4) is 0 Å². The van der Waals surface area contributed by atoms with Crippen molar-refractivity contribution < 1.29 is 18.0 Å². The third-order valence-corrected chi connectivity index (χ3v) is 2.48. The number of aromatic nitrogens is 1. The van der Waals surface area contributed by atoms with E-state index < -0.39 is 16.6 Å². The highest BCUT2D eigenvalue weighted by atomic mass is 32.2. The number of hydrogen-bond acceptors (Lipinski definition) is 5. The molecule has 1 rings (SSSR count). The predicted octanol–water partition coefficient (Wildman–Crippen LogP) is -0.283. The summed E-state index contributed by atoms with van der Waals surface area (Å²) in [4.78, 5) is 0. The van der Waals surface area contributed by atoms with Crippen LogP contribution in [0.3, 0.4) is 0 Å². The fourth-order valence-corrected chi connectivity index (χ4v) is 1.48. The van der Waals surface area contributed by atoms with Crippen LogP contribution in [-0.4, -0.2) is 31.0 Å². The molecule has 0 aliphatic carbocycles. The highest BCUT2D eigenvalue weighted by Gasteiger charge is 2.11. The second-order valence-corrected chi connectivity index (χ2v) is 4.32. The summed E-state index contributed by atoms with van der Waals surface area (Å²) in [6.07, 6.45) is 0. The maximum Gasteiger partial charge on any atom is 0.238 e. The summed E-state index contributed by atoms with van der Waals surface area (Å²) in [6, 6.07) is 1.45. The van der Waals surface area contributed by atoms with Crippen LogP contribution >= 0.6 is 0 Å². The Kier molecular flexibility index (Phi) is 2.89. The van der Waals surface area contributed by atoms with Crippen LogP contribution in [0.2, 0.25) is 0 Å². The van der Waals surface area contributed by atoms with E-state index in [1.807, 2.05) is 0 Å². The molecule has 0 aliphatic rings. The largest absolute Gasteiger partial charge is 0.395 e. The van der Waals surface area contributed by atoms with Crippen molar-refractivity contribution in [1.82, 2.24) is 5.16 Å². The highest BCUT2D eigenvalue weighted by molar-refractivity contribution is 7.92. The summed E-state index contributed by atoms with van der Waals surface area (Å²) in [5, 5.41) is 11.9. The van der Waals surface area contributed by atoms with E-state index in [4.69, 9.17) is 5.11 Å². The average Bonchev–Trinajstić information content (AvgIpc) is 2.34. The number of aryl methyl sites for hydroxylation is 1. The number of aliphatic hydroxyl groups is 1. The smallest absolute Gasteiger partial charge is 0.238 e. The van der Waals surface area contributed by atoms with E-state index in [0.717, 1.165) is 0 Å². The zero-order valence-corrected chi connectivity index (χ0v) is 7.84. The number of anilines is 1. The van der Waals surface area contributed by atoms with Crippen molar-refractivity contribution in [2.75, 3.05) is 17.1 Å². The van der Waals surface area contributed by atoms with E-state index >= 15 is 0 Å². The molecule has 0 fully saturated rings. The van der Waals surface area contributed by atoms with Crippen LogP contribution in [0.1, 0.15) is 5.69 Å². The lowest BCUT2D eigenvalue weighted by Crippen LogP contribution is -2.18. The Morgan fingerprint density at radius 3 is 2.85 bits per heavy atom. The molecule has 0 bridgehead atoms. The van der Waals surface area contributed by atoms with Gasteiger partial charge in [0.1, 0.15) is 0 Å². The average molecular weight is 206 g/mol. The van der Waals surface area contributed by atoms with Crippen LogP contribution in [0.4, 0.5) is 5.88 Å². The van der Waals surface area contributed by atoms with Crippen LogP contribution in [-0.2, 0) is 10.0 Å². The van der Waals surface area contributed by atoms with Crippen LogP contribution in [0.5, 0.6) is 0 Å². The molecule has 1 aromatic heterocycles. The SMILES string of the molecule is Cc1cc(NS(=O)(=O)CCO)on1. The zero-order chi connectivity index (χ0) is 9.90.